The third-order valence-corrected chi connectivity index (χ3v) is 3.36. The van der Waals surface area contributed by atoms with Crippen molar-refractivity contribution in [3.8, 4) is 0 Å². The Balaban J connectivity index is 2.45. The second-order valence-corrected chi connectivity index (χ2v) is 5.02. The molecule has 15 heavy (non-hydrogen) atoms. The number of halogens is 1. The van der Waals surface area contributed by atoms with E-state index in [9.17, 15) is 0 Å². The highest BCUT2D eigenvalue weighted by molar-refractivity contribution is 9.09. The van der Waals surface area contributed by atoms with Gasteiger partial charge >= 0.3 is 0 Å². The lowest BCUT2D eigenvalue weighted by atomic mass is 10.1. The van der Waals surface area contributed by atoms with Gasteiger partial charge in [0.15, 0.2) is 0 Å². The molecular formula is C13H20BrN. The first kappa shape index (κ1) is 12.7. The molecular weight excluding hydrogens is 250 g/mol. The van der Waals surface area contributed by atoms with Gasteiger partial charge in [-0.2, -0.15) is 0 Å². The van der Waals surface area contributed by atoms with E-state index in [0.717, 1.165) is 11.9 Å². The molecule has 1 rings (SSSR count). The normalized spacial score (nSPS) is 13.1. The predicted octanol–water partition coefficient (Wildman–Crippen LogP) is 3.50. The largest absolute Gasteiger partial charge is 0.309 e. The van der Waals surface area contributed by atoms with Crippen LogP contribution in [0.5, 0.6) is 0 Å². The quantitative estimate of drug-likeness (QED) is 0.807. The SMILES string of the molecule is Cc1ccc(CNC(CBr)C(C)C)cc1. The van der Waals surface area contributed by atoms with Gasteiger partial charge in [-0.1, -0.05) is 59.6 Å². The number of benzene rings is 1. The second kappa shape index (κ2) is 6.29. The fraction of sp³-hybridized carbons (Fsp3) is 0.538. The van der Waals surface area contributed by atoms with E-state index in [1.165, 1.54) is 11.1 Å². The first-order chi connectivity index (χ1) is 7.13. The summed E-state index contributed by atoms with van der Waals surface area (Å²) in [6.45, 7) is 7.56. The minimum absolute atomic E-state index is 0.548. The van der Waals surface area contributed by atoms with Gasteiger partial charge in [-0.05, 0) is 18.4 Å². The summed E-state index contributed by atoms with van der Waals surface area (Å²) in [7, 11) is 0. The van der Waals surface area contributed by atoms with Crippen LogP contribution in [0.2, 0.25) is 0 Å². The molecule has 0 saturated carbocycles. The number of aryl methyl sites for hydroxylation is 1. The van der Waals surface area contributed by atoms with Gasteiger partial charge in [0.05, 0.1) is 0 Å². The molecule has 1 atom stereocenters. The predicted molar refractivity (Wildman–Crippen MR) is 70.4 cm³/mol. The highest BCUT2D eigenvalue weighted by atomic mass is 79.9. The summed E-state index contributed by atoms with van der Waals surface area (Å²) in [6, 6.07) is 9.25. The van der Waals surface area contributed by atoms with Gasteiger partial charge in [-0.15, -0.1) is 0 Å². The summed E-state index contributed by atoms with van der Waals surface area (Å²) in [5.41, 5.74) is 2.67. The van der Waals surface area contributed by atoms with Crippen LogP contribution in [0, 0.1) is 12.8 Å². The second-order valence-electron chi connectivity index (χ2n) is 4.37. The van der Waals surface area contributed by atoms with Crippen molar-refractivity contribution in [1.29, 1.82) is 0 Å². The third kappa shape index (κ3) is 4.35. The summed E-state index contributed by atoms with van der Waals surface area (Å²) >= 11 is 3.54. The molecule has 0 aromatic heterocycles. The fourth-order valence-corrected chi connectivity index (χ4v) is 2.40. The molecule has 0 amide bonds. The zero-order chi connectivity index (χ0) is 11.3. The van der Waals surface area contributed by atoms with Gasteiger partial charge < -0.3 is 5.32 Å². The van der Waals surface area contributed by atoms with Crippen LogP contribution in [-0.2, 0) is 6.54 Å². The van der Waals surface area contributed by atoms with Crippen molar-refractivity contribution >= 4 is 15.9 Å². The van der Waals surface area contributed by atoms with Gasteiger partial charge in [0.1, 0.15) is 0 Å². The number of hydrogen-bond donors (Lipinski definition) is 1. The maximum absolute atomic E-state index is 3.56. The Hall–Kier alpha value is -0.340. The third-order valence-electron chi connectivity index (χ3n) is 2.66. The zero-order valence-corrected chi connectivity index (χ0v) is 11.3. The van der Waals surface area contributed by atoms with E-state index < -0.39 is 0 Å². The van der Waals surface area contributed by atoms with Crippen LogP contribution >= 0.6 is 15.9 Å². The Morgan fingerprint density at radius 3 is 2.27 bits per heavy atom. The molecule has 0 fully saturated rings. The minimum Gasteiger partial charge on any atom is -0.309 e. The Morgan fingerprint density at radius 1 is 1.20 bits per heavy atom. The Kier molecular flexibility index (Phi) is 5.34. The fourth-order valence-electron chi connectivity index (χ4n) is 1.42. The monoisotopic (exact) mass is 269 g/mol. The van der Waals surface area contributed by atoms with Crippen LogP contribution in [0.15, 0.2) is 24.3 Å². The van der Waals surface area contributed by atoms with Gasteiger partial charge in [-0.3, -0.25) is 0 Å². The lowest BCUT2D eigenvalue weighted by molar-refractivity contribution is 0.434. The van der Waals surface area contributed by atoms with E-state index >= 15 is 0 Å². The molecule has 0 aliphatic carbocycles. The Morgan fingerprint density at radius 2 is 1.80 bits per heavy atom. The van der Waals surface area contributed by atoms with Crippen molar-refractivity contribution in [1.82, 2.24) is 5.32 Å². The molecule has 1 aromatic carbocycles. The van der Waals surface area contributed by atoms with Crippen LogP contribution in [0.4, 0.5) is 0 Å². The van der Waals surface area contributed by atoms with E-state index in [1.807, 2.05) is 0 Å². The van der Waals surface area contributed by atoms with E-state index in [4.69, 9.17) is 0 Å². The van der Waals surface area contributed by atoms with E-state index in [2.05, 4.69) is 66.3 Å². The highest BCUT2D eigenvalue weighted by Crippen LogP contribution is 2.07. The molecule has 0 spiro atoms. The van der Waals surface area contributed by atoms with Gasteiger partial charge in [0, 0.05) is 17.9 Å². The lowest BCUT2D eigenvalue weighted by Crippen LogP contribution is -2.34. The lowest BCUT2D eigenvalue weighted by Gasteiger charge is -2.19. The van der Waals surface area contributed by atoms with Crippen LogP contribution in [0.1, 0.15) is 25.0 Å². The molecule has 0 aliphatic rings. The summed E-state index contributed by atoms with van der Waals surface area (Å²) in [5.74, 6) is 0.662. The van der Waals surface area contributed by atoms with Crippen molar-refractivity contribution in [2.24, 2.45) is 5.92 Å². The molecule has 84 valence electrons. The maximum Gasteiger partial charge on any atom is 0.0208 e. The molecule has 1 N–H and O–H groups in total. The van der Waals surface area contributed by atoms with Crippen molar-refractivity contribution in [3.63, 3.8) is 0 Å². The summed E-state index contributed by atoms with van der Waals surface area (Å²) in [5, 5.41) is 4.57. The molecule has 0 bridgehead atoms. The first-order valence-corrected chi connectivity index (χ1v) is 6.60. The van der Waals surface area contributed by atoms with Crippen molar-refractivity contribution < 1.29 is 0 Å². The average molecular weight is 270 g/mol. The van der Waals surface area contributed by atoms with Crippen molar-refractivity contribution in [2.45, 2.75) is 33.4 Å². The Labute approximate surface area is 101 Å². The highest BCUT2D eigenvalue weighted by Gasteiger charge is 2.10. The Bertz CT molecular complexity index is 279. The number of rotatable bonds is 5. The van der Waals surface area contributed by atoms with Crippen LogP contribution in [0.25, 0.3) is 0 Å². The van der Waals surface area contributed by atoms with Crippen LogP contribution in [0.3, 0.4) is 0 Å². The molecule has 0 aliphatic heterocycles. The number of hydrogen-bond acceptors (Lipinski definition) is 1. The van der Waals surface area contributed by atoms with Crippen LogP contribution < -0.4 is 5.32 Å². The molecule has 1 unspecified atom stereocenters. The average Bonchev–Trinajstić information content (AvgIpc) is 2.21. The van der Waals surface area contributed by atoms with Crippen molar-refractivity contribution in [2.75, 3.05) is 5.33 Å². The van der Waals surface area contributed by atoms with Crippen LogP contribution in [-0.4, -0.2) is 11.4 Å². The standard InChI is InChI=1S/C13H20BrN/c1-10(2)13(8-14)15-9-12-6-4-11(3)5-7-12/h4-7,10,13,15H,8-9H2,1-3H3. The molecule has 1 aromatic rings. The summed E-state index contributed by atoms with van der Waals surface area (Å²) in [6.07, 6.45) is 0. The number of nitrogens with one attached hydrogen (secondary N) is 1. The summed E-state index contributed by atoms with van der Waals surface area (Å²) < 4.78 is 0. The van der Waals surface area contributed by atoms with E-state index in [0.29, 0.717) is 12.0 Å². The van der Waals surface area contributed by atoms with Gasteiger partial charge in [0.2, 0.25) is 0 Å². The molecule has 0 radical (unpaired) electrons. The first-order valence-electron chi connectivity index (χ1n) is 5.48. The van der Waals surface area contributed by atoms with E-state index in [-0.39, 0.29) is 0 Å². The molecule has 1 nitrogen and oxygen atoms in total. The molecule has 0 heterocycles. The number of alkyl halides is 1. The van der Waals surface area contributed by atoms with Gasteiger partial charge in [0.25, 0.3) is 0 Å². The topological polar surface area (TPSA) is 12.0 Å². The maximum atomic E-state index is 3.56. The smallest absolute Gasteiger partial charge is 0.0208 e. The molecule has 0 saturated heterocycles. The molecule has 2 heteroatoms. The van der Waals surface area contributed by atoms with Gasteiger partial charge in [-0.25, -0.2) is 0 Å². The minimum atomic E-state index is 0.548. The van der Waals surface area contributed by atoms with Crippen molar-refractivity contribution in [3.05, 3.63) is 35.4 Å². The van der Waals surface area contributed by atoms with E-state index in [1.54, 1.807) is 0 Å². The summed E-state index contributed by atoms with van der Waals surface area (Å²) in [4.78, 5) is 0. The zero-order valence-electron chi connectivity index (χ0n) is 9.76.